The predicted molar refractivity (Wildman–Crippen MR) is 89.1 cm³/mol. The van der Waals surface area contributed by atoms with Crippen molar-refractivity contribution in [3.05, 3.63) is 58.3 Å². The first kappa shape index (κ1) is 18.5. The number of methoxy groups -OCH3 is 2. The van der Waals surface area contributed by atoms with Crippen LogP contribution in [0, 0.1) is 0 Å². The van der Waals surface area contributed by atoms with E-state index in [2.05, 4.69) is 14.8 Å². The Balaban J connectivity index is 2.52. The number of nitrogens with one attached hydrogen (secondary N) is 1. The zero-order chi connectivity index (χ0) is 18.6. The number of esters is 2. The number of nitrogens with zero attached hydrogens (tertiary/aromatic N) is 1. The molecule has 0 aromatic heterocycles. The highest BCUT2D eigenvalue weighted by atomic mass is 32.2. The molecule has 25 heavy (non-hydrogen) atoms. The zero-order valence-electron chi connectivity index (χ0n) is 14.0. The highest BCUT2D eigenvalue weighted by molar-refractivity contribution is 7.94. The Bertz CT molecular complexity index is 843. The molecule has 0 unspecified atom stereocenters. The fraction of sp³-hybridized carbons (Fsp3) is 0.250. The molecule has 0 atom stereocenters. The highest BCUT2D eigenvalue weighted by Gasteiger charge is 2.43. The minimum absolute atomic E-state index is 0.00295. The summed E-state index contributed by atoms with van der Waals surface area (Å²) in [5.74, 6) is -1.77. The summed E-state index contributed by atoms with van der Waals surface area (Å²) < 4.78 is 35.0. The molecule has 1 aromatic rings. The van der Waals surface area contributed by atoms with Crippen LogP contribution >= 0.6 is 0 Å². The Morgan fingerprint density at radius 2 is 1.80 bits per heavy atom. The van der Waals surface area contributed by atoms with Gasteiger partial charge in [0.1, 0.15) is 0 Å². The molecule has 1 aromatic carbocycles. The lowest BCUT2D eigenvalue weighted by atomic mass is 10.2. The smallest absolute Gasteiger partial charge is 0.353 e. The van der Waals surface area contributed by atoms with E-state index in [0.717, 1.165) is 23.1 Å². The summed E-state index contributed by atoms with van der Waals surface area (Å²) in [6.07, 6.45) is 1.00. The van der Waals surface area contributed by atoms with Gasteiger partial charge in [-0.25, -0.2) is 18.0 Å². The summed E-state index contributed by atoms with van der Waals surface area (Å²) in [5.41, 5.74) is 0.857. The minimum Gasteiger partial charge on any atom is -0.466 e. The second-order valence-electron chi connectivity index (χ2n) is 5.06. The number of carbonyl (C=O) groups excluding carboxylic acids is 2. The normalized spacial score (nSPS) is 17.6. The van der Waals surface area contributed by atoms with Gasteiger partial charge in [-0.15, -0.1) is 0 Å². The number of hydrogen-bond acceptors (Lipinski definition) is 7. The Kier molecular flexibility index (Phi) is 5.48. The molecule has 0 amide bonds. The Morgan fingerprint density at radius 3 is 2.36 bits per heavy atom. The molecule has 0 fully saturated rings. The summed E-state index contributed by atoms with van der Waals surface area (Å²) in [6, 6.07) is 9.17. The van der Waals surface area contributed by atoms with Gasteiger partial charge in [0.15, 0.2) is 4.91 Å². The zero-order valence-corrected chi connectivity index (χ0v) is 14.8. The number of benzene rings is 1. The fourth-order valence-corrected chi connectivity index (χ4v) is 3.67. The van der Waals surface area contributed by atoms with E-state index in [4.69, 9.17) is 0 Å². The molecule has 9 heteroatoms. The molecular weight excluding hydrogens is 348 g/mol. The van der Waals surface area contributed by atoms with Crippen LogP contribution in [-0.2, 0) is 35.6 Å². The molecule has 0 aliphatic carbocycles. The molecule has 2 rings (SSSR count). The van der Waals surface area contributed by atoms with E-state index in [0.29, 0.717) is 0 Å². The van der Waals surface area contributed by atoms with Crippen LogP contribution in [0.2, 0.25) is 0 Å². The van der Waals surface area contributed by atoms with Crippen molar-refractivity contribution < 1.29 is 27.5 Å². The van der Waals surface area contributed by atoms with E-state index < -0.39 is 26.9 Å². The molecule has 1 heterocycles. The summed E-state index contributed by atoms with van der Waals surface area (Å²) in [4.78, 5) is 23.1. The molecule has 0 radical (unpaired) electrons. The van der Waals surface area contributed by atoms with Crippen molar-refractivity contribution in [2.75, 3.05) is 21.3 Å². The van der Waals surface area contributed by atoms with Crippen LogP contribution in [0.4, 0.5) is 0 Å². The van der Waals surface area contributed by atoms with Crippen LogP contribution < -0.4 is 5.32 Å². The summed E-state index contributed by atoms with van der Waals surface area (Å²) in [5, 5.41) is 2.91. The van der Waals surface area contributed by atoms with Crippen molar-refractivity contribution in [3.63, 3.8) is 0 Å². The number of ether oxygens (including phenoxy) is 2. The van der Waals surface area contributed by atoms with Crippen molar-refractivity contribution in [1.82, 2.24) is 9.62 Å². The van der Waals surface area contributed by atoms with E-state index in [9.17, 15) is 18.0 Å². The van der Waals surface area contributed by atoms with E-state index in [1.165, 1.54) is 14.2 Å². The van der Waals surface area contributed by atoms with Crippen LogP contribution in [0.1, 0.15) is 5.56 Å². The number of carbonyl (C=O) groups is 2. The monoisotopic (exact) mass is 366 g/mol. The molecule has 0 saturated heterocycles. The first-order valence-electron chi connectivity index (χ1n) is 7.22. The van der Waals surface area contributed by atoms with Gasteiger partial charge in [-0.05, 0) is 5.56 Å². The van der Waals surface area contributed by atoms with Crippen molar-refractivity contribution in [1.29, 1.82) is 0 Å². The van der Waals surface area contributed by atoms with Gasteiger partial charge >= 0.3 is 11.9 Å². The van der Waals surface area contributed by atoms with Gasteiger partial charge < -0.3 is 14.8 Å². The third kappa shape index (κ3) is 3.66. The van der Waals surface area contributed by atoms with E-state index in [-0.39, 0.29) is 17.9 Å². The largest absolute Gasteiger partial charge is 0.466 e. The SMILES string of the molecule is COC(=O)/C=C1/C(NCc2ccccc2)=C(C(=O)OC)S(=O)(=O)N1C. The second-order valence-corrected chi connectivity index (χ2v) is 6.97. The van der Waals surface area contributed by atoms with Gasteiger partial charge in [0.25, 0.3) is 10.0 Å². The maximum atomic E-state index is 12.5. The lowest BCUT2D eigenvalue weighted by Gasteiger charge is -2.15. The lowest BCUT2D eigenvalue weighted by molar-refractivity contribution is -0.136. The summed E-state index contributed by atoms with van der Waals surface area (Å²) in [7, 11) is -0.637. The molecule has 134 valence electrons. The first-order chi connectivity index (χ1) is 11.8. The van der Waals surface area contributed by atoms with Gasteiger partial charge in [-0.1, -0.05) is 30.3 Å². The maximum absolute atomic E-state index is 12.5. The summed E-state index contributed by atoms with van der Waals surface area (Å²) in [6.45, 7) is 0.249. The van der Waals surface area contributed by atoms with Gasteiger partial charge in [-0.3, -0.25) is 4.31 Å². The topological polar surface area (TPSA) is 102 Å². The van der Waals surface area contributed by atoms with Crippen molar-refractivity contribution in [3.8, 4) is 0 Å². The van der Waals surface area contributed by atoms with Crippen LogP contribution in [0.25, 0.3) is 0 Å². The number of rotatable bonds is 5. The molecular formula is C16H18N2O6S. The molecule has 1 N–H and O–H groups in total. The third-order valence-corrected chi connectivity index (χ3v) is 5.38. The maximum Gasteiger partial charge on any atom is 0.353 e. The van der Waals surface area contributed by atoms with E-state index >= 15 is 0 Å². The van der Waals surface area contributed by atoms with E-state index in [1.54, 1.807) is 0 Å². The number of sulfonamides is 1. The van der Waals surface area contributed by atoms with Crippen LogP contribution in [0.3, 0.4) is 0 Å². The molecule has 0 bridgehead atoms. The molecule has 8 nitrogen and oxygen atoms in total. The van der Waals surface area contributed by atoms with Gasteiger partial charge in [0.05, 0.1) is 25.6 Å². The average molecular weight is 366 g/mol. The second kappa shape index (κ2) is 7.39. The van der Waals surface area contributed by atoms with Crippen LogP contribution in [0.15, 0.2) is 52.7 Å². The Labute approximate surface area is 145 Å². The standard InChI is InChI=1S/C16H18N2O6S/c1-18-12(9-13(19)23-2)14(15(16(20)24-3)25(18,21)22)17-10-11-7-5-4-6-8-11/h4-9,17H,10H2,1-3H3/b12-9-. The highest BCUT2D eigenvalue weighted by Crippen LogP contribution is 2.33. The predicted octanol–water partition coefficient (Wildman–Crippen LogP) is 0.493. The molecule has 1 aliphatic heterocycles. The first-order valence-corrected chi connectivity index (χ1v) is 8.66. The van der Waals surface area contributed by atoms with Crippen LogP contribution in [0.5, 0.6) is 0 Å². The molecule has 1 aliphatic rings. The lowest BCUT2D eigenvalue weighted by Crippen LogP contribution is -2.24. The third-order valence-electron chi connectivity index (χ3n) is 3.58. The number of hydrogen-bond donors (Lipinski definition) is 1. The van der Waals surface area contributed by atoms with Gasteiger partial charge in [0, 0.05) is 19.7 Å². The van der Waals surface area contributed by atoms with Crippen molar-refractivity contribution >= 4 is 22.0 Å². The van der Waals surface area contributed by atoms with Crippen LogP contribution in [-0.4, -0.2) is 45.9 Å². The van der Waals surface area contributed by atoms with Crippen molar-refractivity contribution in [2.24, 2.45) is 0 Å². The van der Waals surface area contributed by atoms with Gasteiger partial charge in [-0.2, -0.15) is 0 Å². The Hall–Kier alpha value is -2.81. The fourth-order valence-electron chi connectivity index (χ4n) is 2.26. The number of likely N-dealkylation sites (N-methyl/N-ethyl adjacent to an activating group) is 1. The van der Waals surface area contributed by atoms with Gasteiger partial charge in [0.2, 0.25) is 0 Å². The molecule has 0 saturated carbocycles. The van der Waals surface area contributed by atoms with E-state index in [1.807, 2.05) is 30.3 Å². The molecule has 0 spiro atoms. The summed E-state index contributed by atoms with van der Waals surface area (Å²) >= 11 is 0. The van der Waals surface area contributed by atoms with Crippen molar-refractivity contribution in [2.45, 2.75) is 6.54 Å². The Morgan fingerprint density at radius 1 is 1.16 bits per heavy atom. The average Bonchev–Trinajstić information content (AvgIpc) is 2.80. The minimum atomic E-state index is -4.13. The quantitative estimate of drug-likeness (QED) is 0.598.